The Hall–Kier alpha value is -0.520. The van der Waals surface area contributed by atoms with E-state index in [2.05, 4.69) is 21.2 Å². The third-order valence-electron chi connectivity index (χ3n) is 2.59. The maximum atomic E-state index is 12.0. The Morgan fingerprint density at radius 3 is 2.60 bits per heavy atom. The van der Waals surface area contributed by atoms with Gasteiger partial charge in [-0.3, -0.25) is 9.59 Å². The smallest absolute Gasteiger partial charge is 0.315 e. The average Bonchev–Trinajstić information content (AvgIpc) is 2.64. The molecule has 1 amide bonds. The first-order valence-corrected chi connectivity index (χ1v) is 5.85. The van der Waals surface area contributed by atoms with Gasteiger partial charge in [0, 0.05) is 12.0 Å². The molecule has 1 N–H and O–H groups in total. The molecule has 0 aromatic carbocycles. The van der Waals surface area contributed by atoms with Crippen LogP contribution in [0.5, 0.6) is 0 Å². The summed E-state index contributed by atoms with van der Waals surface area (Å²) in [7, 11) is 0. The fourth-order valence-corrected chi connectivity index (χ4v) is 2.28. The van der Waals surface area contributed by atoms with Crippen molar-refractivity contribution < 1.29 is 18.4 Å². The van der Waals surface area contributed by atoms with Gasteiger partial charge in [-0.2, -0.15) is 8.78 Å². The lowest BCUT2D eigenvalue weighted by Crippen LogP contribution is -2.43. The highest BCUT2D eigenvalue weighted by Gasteiger charge is 2.34. The third kappa shape index (κ3) is 3.22. The van der Waals surface area contributed by atoms with Gasteiger partial charge in [-0.05, 0) is 12.8 Å². The van der Waals surface area contributed by atoms with Crippen LogP contribution in [0.3, 0.4) is 0 Å². The molecule has 0 aromatic rings. The van der Waals surface area contributed by atoms with Crippen LogP contribution in [0, 0.1) is 5.92 Å². The Balaban J connectivity index is 2.53. The maximum Gasteiger partial charge on any atom is 0.315 e. The largest absolute Gasteiger partial charge is 0.348 e. The van der Waals surface area contributed by atoms with E-state index in [1.54, 1.807) is 0 Å². The minimum absolute atomic E-state index is 0.0351. The highest BCUT2D eigenvalue weighted by molar-refractivity contribution is 9.09. The first-order chi connectivity index (χ1) is 7.06. The highest BCUT2D eigenvalue weighted by atomic mass is 79.9. The number of amides is 1. The van der Waals surface area contributed by atoms with Gasteiger partial charge in [-0.25, -0.2) is 0 Å². The van der Waals surface area contributed by atoms with Crippen LogP contribution in [-0.4, -0.2) is 29.5 Å². The highest BCUT2D eigenvalue weighted by Crippen LogP contribution is 2.27. The average molecular weight is 284 g/mol. The van der Waals surface area contributed by atoms with Crippen molar-refractivity contribution >= 4 is 27.6 Å². The first kappa shape index (κ1) is 12.5. The zero-order valence-electron chi connectivity index (χ0n) is 8.01. The molecule has 0 bridgehead atoms. The van der Waals surface area contributed by atoms with E-state index in [1.807, 2.05) is 0 Å². The Morgan fingerprint density at radius 2 is 2.07 bits per heavy atom. The summed E-state index contributed by atoms with van der Waals surface area (Å²) in [6.07, 6.45) is -0.955. The standard InChI is InChI=1S/C9H12BrF2NO2/c10-4-7(14)5-2-1-3-6(5)13-9(15)8(11)12/h5-6,8H,1-4H2,(H,13,15). The van der Waals surface area contributed by atoms with Crippen LogP contribution in [0.1, 0.15) is 19.3 Å². The van der Waals surface area contributed by atoms with E-state index in [1.165, 1.54) is 0 Å². The number of hydrogen-bond donors (Lipinski definition) is 1. The maximum absolute atomic E-state index is 12.0. The Labute approximate surface area is 94.7 Å². The van der Waals surface area contributed by atoms with Crippen molar-refractivity contribution in [3.63, 3.8) is 0 Å². The predicted molar refractivity (Wildman–Crippen MR) is 54.1 cm³/mol. The molecule has 3 nitrogen and oxygen atoms in total. The quantitative estimate of drug-likeness (QED) is 0.795. The van der Waals surface area contributed by atoms with Crippen LogP contribution < -0.4 is 5.32 Å². The van der Waals surface area contributed by atoms with Gasteiger partial charge >= 0.3 is 6.43 Å². The molecule has 0 spiro atoms. The second kappa shape index (κ2) is 5.53. The van der Waals surface area contributed by atoms with E-state index in [-0.39, 0.29) is 17.0 Å². The van der Waals surface area contributed by atoms with Gasteiger partial charge in [-0.15, -0.1) is 0 Å². The van der Waals surface area contributed by atoms with Crippen LogP contribution in [0.4, 0.5) is 8.78 Å². The molecule has 0 aliphatic heterocycles. The monoisotopic (exact) mass is 283 g/mol. The van der Waals surface area contributed by atoms with Gasteiger partial charge in [0.05, 0.1) is 5.33 Å². The predicted octanol–water partition coefficient (Wildman–Crippen LogP) is 1.50. The van der Waals surface area contributed by atoms with E-state index in [4.69, 9.17) is 0 Å². The second-order valence-corrected chi connectivity index (χ2v) is 4.11. The molecule has 0 aromatic heterocycles. The fourth-order valence-electron chi connectivity index (χ4n) is 1.86. The Bertz CT molecular complexity index is 260. The van der Waals surface area contributed by atoms with E-state index in [0.29, 0.717) is 12.8 Å². The Morgan fingerprint density at radius 1 is 1.40 bits per heavy atom. The lowest BCUT2D eigenvalue weighted by atomic mass is 9.99. The van der Waals surface area contributed by atoms with Crippen molar-refractivity contribution in [3.05, 3.63) is 0 Å². The lowest BCUT2D eigenvalue weighted by molar-refractivity contribution is -0.133. The number of nitrogens with one attached hydrogen (secondary N) is 1. The molecule has 1 aliphatic rings. The van der Waals surface area contributed by atoms with Crippen LogP contribution in [-0.2, 0) is 9.59 Å². The molecular weight excluding hydrogens is 272 g/mol. The van der Waals surface area contributed by atoms with Gasteiger partial charge < -0.3 is 5.32 Å². The normalized spacial score (nSPS) is 25.6. The summed E-state index contributed by atoms with van der Waals surface area (Å²) in [5.41, 5.74) is 0. The summed E-state index contributed by atoms with van der Waals surface area (Å²) in [6, 6.07) is -0.420. The van der Waals surface area contributed by atoms with Crippen LogP contribution in [0.25, 0.3) is 0 Å². The molecule has 1 rings (SSSR count). The molecule has 2 unspecified atom stereocenters. The summed E-state index contributed by atoms with van der Waals surface area (Å²) < 4.78 is 24.0. The number of rotatable bonds is 4. The number of hydrogen-bond acceptors (Lipinski definition) is 2. The molecule has 1 aliphatic carbocycles. The SMILES string of the molecule is O=C(NC1CCCC1C(=O)CBr)C(F)F. The first-order valence-electron chi connectivity index (χ1n) is 4.73. The van der Waals surface area contributed by atoms with E-state index in [9.17, 15) is 18.4 Å². The minimum Gasteiger partial charge on any atom is -0.348 e. The second-order valence-electron chi connectivity index (χ2n) is 3.55. The van der Waals surface area contributed by atoms with Crippen LogP contribution >= 0.6 is 15.9 Å². The number of alkyl halides is 3. The number of Topliss-reactive ketones (excluding diaryl/α,β-unsaturated/α-hetero) is 1. The zero-order valence-corrected chi connectivity index (χ0v) is 9.60. The van der Waals surface area contributed by atoms with Crippen molar-refractivity contribution in [1.29, 1.82) is 0 Å². The number of carbonyl (C=O) groups excluding carboxylic acids is 2. The fraction of sp³-hybridized carbons (Fsp3) is 0.778. The molecule has 1 saturated carbocycles. The molecular formula is C9H12BrF2NO2. The van der Waals surface area contributed by atoms with Crippen molar-refractivity contribution in [2.45, 2.75) is 31.7 Å². The van der Waals surface area contributed by atoms with Gasteiger partial charge in [0.1, 0.15) is 5.78 Å². The Kier molecular flexibility index (Phi) is 4.63. The summed E-state index contributed by atoms with van der Waals surface area (Å²) >= 11 is 3.04. The van der Waals surface area contributed by atoms with Gasteiger partial charge in [0.15, 0.2) is 0 Å². The summed E-state index contributed by atoms with van der Waals surface area (Å²) in [4.78, 5) is 22.2. The molecule has 86 valence electrons. The topological polar surface area (TPSA) is 46.2 Å². The summed E-state index contributed by atoms with van der Waals surface area (Å²) in [5, 5.41) is 2.42. The molecule has 0 radical (unpaired) electrons. The van der Waals surface area contributed by atoms with Gasteiger partial charge in [0.2, 0.25) is 0 Å². The van der Waals surface area contributed by atoms with E-state index < -0.39 is 18.4 Å². The van der Waals surface area contributed by atoms with Crippen molar-refractivity contribution in [2.75, 3.05) is 5.33 Å². The molecule has 6 heteroatoms. The summed E-state index contributed by atoms with van der Waals surface area (Å²) in [6.45, 7) is 0. The van der Waals surface area contributed by atoms with Crippen molar-refractivity contribution in [1.82, 2.24) is 5.32 Å². The van der Waals surface area contributed by atoms with E-state index in [0.717, 1.165) is 6.42 Å². The molecule has 15 heavy (non-hydrogen) atoms. The van der Waals surface area contributed by atoms with Crippen molar-refractivity contribution in [2.24, 2.45) is 5.92 Å². The van der Waals surface area contributed by atoms with Crippen molar-refractivity contribution in [3.8, 4) is 0 Å². The lowest BCUT2D eigenvalue weighted by Gasteiger charge is -2.18. The van der Waals surface area contributed by atoms with Gasteiger partial charge in [0.25, 0.3) is 5.91 Å². The van der Waals surface area contributed by atoms with Crippen LogP contribution in [0.2, 0.25) is 0 Å². The van der Waals surface area contributed by atoms with Crippen LogP contribution in [0.15, 0.2) is 0 Å². The van der Waals surface area contributed by atoms with Gasteiger partial charge in [-0.1, -0.05) is 22.4 Å². The number of ketones is 1. The molecule has 2 atom stereocenters. The third-order valence-corrected chi connectivity index (χ3v) is 3.14. The number of halogens is 3. The van der Waals surface area contributed by atoms with E-state index >= 15 is 0 Å². The molecule has 0 saturated heterocycles. The minimum atomic E-state index is -3.01. The molecule has 1 fully saturated rings. The molecule has 0 heterocycles. The zero-order chi connectivity index (χ0) is 11.4. The number of carbonyl (C=O) groups is 2. The summed E-state index contributed by atoms with van der Waals surface area (Å²) in [5.74, 6) is -1.63.